The quantitative estimate of drug-likeness (QED) is 0.587. The first-order valence-corrected chi connectivity index (χ1v) is 7.16. The molecule has 0 aliphatic heterocycles. The number of methoxy groups -OCH3 is 1. The van der Waals surface area contributed by atoms with Crippen molar-refractivity contribution in [2.45, 2.75) is 38.1 Å². The zero-order chi connectivity index (χ0) is 17.2. The monoisotopic (exact) mass is 324 g/mol. The molecule has 1 amide bonds. The summed E-state index contributed by atoms with van der Waals surface area (Å²) in [6, 6.07) is 4.36. The molecule has 0 fully saturated rings. The van der Waals surface area contributed by atoms with Crippen LogP contribution in [0.4, 0.5) is 8.78 Å². The molecule has 0 aliphatic carbocycles. The van der Waals surface area contributed by atoms with Gasteiger partial charge in [0.1, 0.15) is 6.04 Å². The lowest BCUT2D eigenvalue weighted by atomic mass is 10.1. The maximum absolute atomic E-state index is 13.1. The highest BCUT2D eigenvalue weighted by molar-refractivity contribution is 5.85. The molecule has 1 N–H and O–H groups in total. The van der Waals surface area contributed by atoms with Crippen molar-refractivity contribution in [3.05, 3.63) is 35.4 Å². The van der Waals surface area contributed by atoms with Gasteiger partial charge in [0.05, 0.1) is 19.6 Å². The fourth-order valence-electron chi connectivity index (χ4n) is 2.02. The predicted molar refractivity (Wildman–Crippen MR) is 78.1 cm³/mol. The van der Waals surface area contributed by atoms with Crippen LogP contribution < -0.4 is 5.32 Å². The van der Waals surface area contributed by atoms with E-state index in [1.54, 1.807) is 0 Å². The van der Waals surface area contributed by atoms with Crippen LogP contribution in [0.2, 0.25) is 0 Å². The Hall–Kier alpha value is -2.49. The number of halogens is 2. The first-order chi connectivity index (χ1) is 11.0. The molecule has 23 heavy (non-hydrogen) atoms. The summed E-state index contributed by atoms with van der Waals surface area (Å²) < 4.78 is 30.6. The number of nitrogens with zero attached hydrogens (tertiary/aromatic N) is 1. The summed E-state index contributed by atoms with van der Waals surface area (Å²) in [7, 11) is 1.21. The van der Waals surface area contributed by atoms with E-state index in [0.29, 0.717) is 31.2 Å². The number of nitrogens with one attached hydrogen (secondary N) is 1. The molecule has 0 bridgehead atoms. The summed E-state index contributed by atoms with van der Waals surface area (Å²) >= 11 is 0. The van der Waals surface area contributed by atoms with Crippen LogP contribution in [0, 0.1) is 23.0 Å². The van der Waals surface area contributed by atoms with Crippen LogP contribution in [0.5, 0.6) is 0 Å². The van der Waals surface area contributed by atoms with Gasteiger partial charge in [-0.25, -0.2) is 13.6 Å². The second kappa shape index (κ2) is 9.51. The van der Waals surface area contributed by atoms with Gasteiger partial charge in [-0.1, -0.05) is 6.07 Å². The topological polar surface area (TPSA) is 79.2 Å². The van der Waals surface area contributed by atoms with Crippen LogP contribution in [0.3, 0.4) is 0 Å². The molecular formula is C16H18F2N2O3. The number of carbonyl (C=O) groups is 2. The van der Waals surface area contributed by atoms with Crippen molar-refractivity contribution in [2.75, 3.05) is 7.11 Å². The number of hydrogen-bond acceptors (Lipinski definition) is 4. The second-order valence-electron chi connectivity index (χ2n) is 4.97. The summed E-state index contributed by atoms with van der Waals surface area (Å²) in [5.74, 6) is -3.09. The molecular weight excluding hydrogens is 306 g/mol. The Morgan fingerprint density at radius 3 is 2.65 bits per heavy atom. The molecule has 0 heterocycles. The number of benzene rings is 1. The first-order valence-electron chi connectivity index (χ1n) is 7.16. The van der Waals surface area contributed by atoms with Gasteiger partial charge in [0.2, 0.25) is 5.91 Å². The summed E-state index contributed by atoms with van der Waals surface area (Å²) in [4.78, 5) is 23.6. The predicted octanol–water partition coefficient (Wildman–Crippen LogP) is 2.25. The number of nitriles is 1. The fourth-order valence-corrected chi connectivity index (χ4v) is 2.02. The van der Waals surface area contributed by atoms with Crippen LogP contribution in [0.1, 0.15) is 31.2 Å². The molecule has 7 heteroatoms. The number of hydrogen-bond donors (Lipinski definition) is 1. The van der Waals surface area contributed by atoms with Crippen molar-refractivity contribution >= 4 is 11.9 Å². The molecule has 0 saturated heterocycles. The van der Waals surface area contributed by atoms with Gasteiger partial charge in [-0.3, -0.25) is 4.79 Å². The highest BCUT2D eigenvalue weighted by Gasteiger charge is 2.21. The summed E-state index contributed by atoms with van der Waals surface area (Å²) in [5.41, 5.74) is 0.300. The van der Waals surface area contributed by atoms with Crippen LogP contribution in [0.25, 0.3) is 0 Å². The molecule has 0 radical (unpaired) electrons. The van der Waals surface area contributed by atoms with E-state index >= 15 is 0 Å². The molecule has 0 unspecified atom stereocenters. The number of esters is 1. The third-order valence-corrected chi connectivity index (χ3v) is 3.20. The van der Waals surface area contributed by atoms with Crippen molar-refractivity contribution in [1.82, 2.24) is 5.32 Å². The SMILES string of the molecule is COC(=O)[C@@H](CCCCC#N)NC(=O)Cc1ccc(F)c(F)c1. The zero-order valence-electron chi connectivity index (χ0n) is 12.8. The molecule has 5 nitrogen and oxygen atoms in total. The van der Waals surface area contributed by atoms with Crippen molar-refractivity contribution in [3.8, 4) is 6.07 Å². The largest absolute Gasteiger partial charge is 0.467 e. The van der Waals surface area contributed by atoms with Crippen LogP contribution in [0.15, 0.2) is 18.2 Å². The molecule has 124 valence electrons. The van der Waals surface area contributed by atoms with Gasteiger partial charge in [-0.15, -0.1) is 0 Å². The van der Waals surface area contributed by atoms with Crippen molar-refractivity contribution in [2.24, 2.45) is 0 Å². The average molecular weight is 324 g/mol. The van der Waals surface area contributed by atoms with Gasteiger partial charge in [0.25, 0.3) is 0 Å². The van der Waals surface area contributed by atoms with E-state index in [1.165, 1.54) is 13.2 Å². The van der Waals surface area contributed by atoms with Gasteiger partial charge in [0, 0.05) is 6.42 Å². The van der Waals surface area contributed by atoms with E-state index in [9.17, 15) is 18.4 Å². The standard InChI is InChI=1S/C16H18F2N2O3/c1-23-16(22)14(5-3-2-4-8-19)20-15(21)10-11-6-7-12(17)13(18)9-11/h6-7,9,14H,2-5,10H2,1H3,(H,20,21)/t14-/m1/s1. The van der Waals surface area contributed by atoms with E-state index in [1.807, 2.05) is 6.07 Å². The lowest BCUT2D eigenvalue weighted by Gasteiger charge is -2.16. The Balaban J connectivity index is 2.59. The molecule has 1 aromatic carbocycles. The zero-order valence-corrected chi connectivity index (χ0v) is 12.8. The Bertz CT molecular complexity index is 599. The van der Waals surface area contributed by atoms with E-state index in [-0.39, 0.29) is 6.42 Å². The normalized spacial score (nSPS) is 11.4. The second-order valence-corrected chi connectivity index (χ2v) is 4.97. The maximum Gasteiger partial charge on any atom is 0.328 e. The molecule has 0 saturated carbocycles. The minimum atomic E-state index is -1.03. The van der Waals surface area contributed by atoms with Gasteiger partial charge >= 0.3 is 5.97 Å². The first kappa shape index (κ1) is 18.6. The number of amides is 1. The lowest BCUT2D eigenvalue weighted by molar-refractivity contribution is -0.145. The third-order valence-electron chi connectivity index (χ3n) is 3.20. The van der Waals surface area contributed by atoms with Crippen molar-refractivity contribution in [1.29, 1.82) is 5.26 Å². The summed E-state index contributed by atoms with van der Waals surface area (Å²) in [6.07, 6.45) is 1.74. The smallest absolute Gasteiger partial charge is 0.328 e. The minimum absolute atomic E-state index is 0.178. The molecule has 1 atom stereocenters. The van der Waals surface area contributed by atoms with Crippen LogP contribution in [-0.4, -0.2) is 25.0 Å². The summed E-state index contributed by atoms with van der Waals surface area (Å²) in [5, 5.41) is 11.0. The summed E-state index contributed by atoms with van der Waals surface area (Å²) in [6.45, 7) is 0. The molecule has 0 aromatic heterocycles. The Morgan fingerprint density at radius 2 is 2.04 bits per heavy atom. The van der Waals surface area contributed by atoms with Crippen molar-refractivity contribution < 1.29 is 23.1 Å². The third kappa shape index (κ3) is 6.43. The number of unbranched alkanes of at least 4 members (excludes halogenated alkanes) is 2. The van der Waals surface area contributed by atoms with E-state index < -0.39 is 29.6 Å². The van der Waals surface area contributed by atoms with Gasteiger partial charge < -0.3 is 10.1 Å². The highest BCUT2D eigenvalue weighted by atomic mass is 19.2. The molecule has 0 aliphatic rings. The Morgan fingerprint density at radius 1 is 1.30 bits per heavy atom. The molecule has 1 rings (SSSR count). The van der Waals surface area contributed by atoms with Gasteiger partial charge in [-0.2, -0.15) is 5.26 Å². The fraction of sp³-hybridized carbons (Fsp3) is 0.438. The number of ether oxygens (including phenoxy) is 1. The van der Waals surface area contributed by atoms with E-state index in [4.69, 9.17) is 5.26 Å². The molecule has 0 spiro atoms. The van der Waals surface area contributed by atoms with Crippen LogP contribution >= 0.6 is 0 Å². The lowest BCUT2D eigenvalue weighted by Crippen LogP contribution is -2.42. The molecule has 1 aromatic rings. The number of carbonyl (C=O) groups excluding carboxylic acids is 2. The minimum Gasteiger partial charge on any atom is -0.467 e. The van der Waals surface area contributed by atoms with E-state index in [2.05, 4.69) is 10.1 Å². The maximum atomic E-state index is 13.1. The van der Waals surface area contributed by atoms with E-state index in [0.717, 1.165) is 12.1 Å². The van der Waals surface area contributed by atoms with Crippen molar-refractivity contribution in [3.63, 3.8) is 0 Å². The number of rotatable bonds is 8. The van der Waals surface area contributed by atoms with Crippen LogP contribution in [-0.2, 0) is 20.7 Å². The Labute approximate surface area is 133 Å². The Kier molecular flexibility index (Phi) is 7.67. The highest BCUT2D eigenvalue weighted by Crippen LogP contribution is 2.10. The van der Waals surface area contributed by atoms with Gasteiger partial charge in [0.15, 0.2) is 11.6 Å². The van der Waals surface area contributed by atoms with Gasteiger partial charge in [-0.05, 0) is 37.0 Å². The average Bonchev–Trinajstić information content (AvgIpc) is 2.53.